The lowest BCUT2D eigenvalue weighted by Gasteiger charge is -2.36. The van der Waals surface area contributed by atoms with Crippen molar-refractivity contribution in [3.63, 3.8) is 0 Å². The lowest BCUT2D eigenvalue weighted by atomic mass is 10.1. The van der Waals surface area contributed by atoms with Gasteiger partial charge < -0.3 is 9.80 Å². The number of piperazine rings is 1. The van der Waals surface area contributed by atoms with Crippen molar-refractivity contribution in [3.8, 4) is 0 Å². The van der Waals surface area contributed by atoms with Gasteiger partial charge in [0.1, 0.15) is 5.15 Å². The summed E-state index contributed by atoms with van der Waals surface area (Å²) in [6.45, 7) is 5.15. The van der Waals surface area contributed by atoms with Gasteiger partial charge in [-0.15, -0.1) is 0 Å². The van der Waals surface area contributed by atoms with Gasteiger partial charge in [0.15, 0.2) is 0 Å². The number of hydrogen-bond donors (Lipinski definition) is 0. The maximum Gasteiger partial charge on any atom is 0.257 e. The molecule has 1 saturated heterocycles. The fourth-order valence-electron chi connectivity index (χ4n) is 2.78. The third-order valence-corrected chi connectivity index (χ3v) is 4.31. The van der Waals surface area contributed by atoms with Crippen LogP contribution in [0.2, 0.25) is 5.15 Å². The zero-order valence-electron chi connectivity index (χ0n) is 12.5. The molecule has 0 aliphatic carbocycles. The summed E-state index contributed by atoms with van der Waals surface area (Å²) in [4.78, 5) is 20.7. The standard InChI is InChI=1S/C17H18ClN3O/c1-13-5-2-3-7-15(13)20-9-11-21(12-10-20)17(22)14-6-4-8-19-16(14)18/h2-8H,9-12H2,1H3. The van der Waals surface area contributed by atoms with E-state index in [0.717, 1.165) is 13.1 Å². The van der Waals surface area contributed by atoms with E-state index in [0.29, 0.717) is 18.7 Å². The van der Waals surface area contributed by atoms with Crippen molar-refractivity contribution in [1.82, 2.24) is 9.88 Å². The average Bonchev–Trinajstić information content (AvgIpc) is 2.55. The first-order valence-electron chi connectivity index (χ1n) is 7.37. The number of carbonyl (C=O) groups excluding carboxylic acids is 1. The van der Waals surface area contributed by atoms with Crippen molar-refractivity contribution in [1.29, 1.82) is 0 Å². The van der Waals surface area contributed by atoms with E-state index in [1.54, 1.807) is 18.3 Å². The fourth-order valence-corrected chi connectivity index (χ4v) is 2.98. The fraction of sp³-hybridized carbons (Fsp3) is 0.294. The number of amides is 1. The van der Waals surface area contributed by atoms with Gasteiger partial charge in [-0.05, 0) is 30.7 Å². The molecule has 0 bridgehead atoms. The van der Waals surface area contributed by atoms with E-state index < -0.39 is 0 Å². The number of para-hydroxylation sites is 1. The molecular formula is C17H18ClN3O. The van der Waals surface area contributed by atoms with Crippen LogP contribution in [-0.2, 0) is 0 Å². The van der Waals surface area contributed by atoms with Gasteiger partial charge in [-0.25, -0.2) is 4.98 Å². The van der Waals surface area contributed by atoms with Gasteiger partial charge in [0, 0.05) is 38.1 Å². The summed E-state index contributed by atoms with van der Waals surface area (Å²) in [5.74, 6) is -0.0393. The summed E-state index contributed by atoms with van der Waals surface area (Å²) in [5, 5.41) is 0.272. The Morgan fingerprint density at radius 1 is 1.09 bits per heavy atom. The minimum atomic E-state index is -0.0393. The first-order valence-corrected chi connectivity index (χ1v) is 7.75. The van der Waals surface area contributed by atoms with E-state index in [9.17, 15) is 4.79 Å². The van der Waals surface area contributed by atoms with Crippen LogP contribution >= 0.6 is 11.6 Å². The minimum Gasteiger partial charge on any atom is -0.368 e. The van der Waals surface area contributed by atoms with Crippen LogP contribution in [-0.4, -0.2) is 42.0 Å². The number of aryl methyl sites for hydroxylation is 1. The highest BCUT2D eigenvalue weighted by Crippen LogP contribution is 2.22. The van der Waals surface area contributed by atoms with Crippen molar-refractivity contribution in [2.24, 2.45) is 0 Å². The maximum atomic E-state index is 12.5. The van der Waals surface area contributed by atoms with Gasteiger partial charge in [-0.1, -0.05) is 29.8 Å². The molecule has 22 heavy (non-hydrogen) atoms. The van der Waals surface area contributed by atoms with E-state index in [4.69, 9.17) is 11.6 Å². The highest BCUT2D eigenvalue weighted by Gasteiger charge is 2.24. The van der Waals surface area contributed by atoms with Crippen LogP contribution in [0.4, 0.5) is 5.69 Å². The van der Waals surface area contributed by atoms with Crippen molar-refractivity contribution in [2.75, 3.05) is 31.1 Å². The Kier molecular flexibility index (Phi) is 4.29. The number of halogens is 1. The Hall–Kier alpha value is -2.07. The number of pyridine rings is 1. The molecular weight excluding hydrogens is 298 g/mol. The molecule has 0 N–H and O–H groups in total. The van der Waals surface area contributed by atoms with E-state index in [1.807, 2.05) is 11.0 Å². The number of anilines is 1. The van der Waals surface area contributed by atoms with Gasteiger partial charge in [0.2, 0.25) is 0 Å². The van der Waals surface area contributed by atoms with Crippen molar-refractivity contribution in [2.45, 2.75) is 6.92 Å². The number of hydrogen-bond acceptors (Lipinski definition) is 3. The van der Waals surface area contributed by atoms with E-state index in [2.05, 4.69) is 35.0 Å². The lowest BCUT2D eigenvalue weighted by Crippen LogP contribution is -2.49. The predicted molar refractivity (Wildman–Crippen MR) is 88.5 cm³/mol. The van der Waals surface area contributed by atoms with Gasteiger partial charge >= 0.3 is 0 Å². The van der Waals surface area contributed by atoms with E-state index in [-0.39, 0.29) is 11.1 Å². The van der Waals surface area contributed by atoms with Crippen LogP contribution in [0.5, 0.6) is 0 Å². The molecule has 1 aliphatic rings. The van der Waals surface area contributed by atoms with Crippen LogP contribution in [0.15, 0.2) is 42.6 Å². The second-order valence-corrected chi connectivity index (χ2v) is 5.77. The molecule has 1 fully saturated rings. The van der Waals surface area contributed by atoms with Crippen LogP contribution in [0.3, 0.4) is 0 Å². The average molecular weight is 316 g/mol. The molecule has 2 heterocycles. The van der Waals surface area contributed by atoms with Crippen molar-refractivity contribution in [3.05, 3.63) is 58.9 Å². The predicted octanol–water partition coefficient (Wildman–Crippen LogP) is 3.01. The van der Waals surface area contributed by atoms with Gasteiger partial charge in [0.05, 0.1) is 5.56 Å². The van der Waals surface area contributed by atoms with Crippen LogP contribution in [0.1, 0.15) is 15.9 Å². The molecule has 1 aromatic heterocycles. The third kappa shape index (κ3) is 2.92. The summed E-state index contributed by atoms with van der Waals surface area (Å²) in [6, 6.07) is 11.8. The number of aromatic nitrogens is 1. The summed E-state index contributed by atoms with van der Waals surface area (Å²) >= 11 is 6.01. The molecule has 1 aliphatic heterocycles. The molecule has 1 amide bonds. The molecule has 0 unspecified atom stereocenters. The van der Waals surface area contributed by atoms with Gasteiger partial charge in [-0.3, -0.25) is 4.79 Å². The molecule has 0 saturated carbocycles. The summed E-state index contributed by atoms with van der Waals surface area (Å²) in [7, 11) is 0. The topological polar surface area (TPSA) is 36.4 Å². The largest absolute Gasteiger partial charge is 0.368 e. The Labute approximate surface area is 135 Å². The van der Waals surface area contributed by atoms with Crippen molar-refractivity contribution < 1.29 is 4.79 Å². The number of benzene rings is 1. The molecule has 0 atom stereocenters. The smallest absolute Gasteiger partial charge is 0.257 e. The van der Waals surface area contributed by atoms with E-state index >= 15 is 0 Å². The second-order valence-electron chi connectivity index (χ2n) is 5.41. The zero-order chi connectivity index (χ0) is 15.5. The Morgan fingerprint density at radius 3 is 2.50 bits per heavy atom. The number of carbonyl (C=O) groups is 1. The van der Waals surface area contributed by atoms with Crippen LogP contribution in [0.25, 0.3) is 0 Å². The lowest BCUT2D eigenvalue weighted by molar-refractivity contribution is 0.0746. The highest BCUT2D eigenvalue weighted by molar-refractivity contribution is 6.32. The van der Waals surface area contributed by atoms with Crippen molar-refractivity contribution >= 4 is 23.2 Å². The quantitative estimate of drug-likeness (QED) is 0.799. The molecule has 4 nitrogen and oxygen atoms in total. The second kappa shape index (κ2) is 6.36. The normalized spacial score (nSPS) is 15.0. The summed E-state index contributed by atoms with van der Waals surface area (Å²) < 4.78 is 0. The Morgan fingerprint density at radius 2 is 1.82 bits per heavy atom. The number of nitrogens with zero attached hydrogens (tertiary/aromatic N) is 3. The van der Waals surface area contributed by atoms with Crippen LogP contribution < -0.4 is 4.90 Å². The first kappa shape index (κ1) is 14.9. The Bertz CT molecular complexity index is 681. The molecule has 1 aromatic carbocycles. The molecule has 2 aromatic rings. The molecule has 3 rings (SSSR count). The summed E-state index contributed by atoms with van der Waals surface area (Å²) in [5.41, 5.74) is 2.99. The maximum absolute atomic E-state index is 12.5. The number of rotatable bonds is 2. The third-order valence-electron chi connectivity index (χ3n) is 4.01. The molecule has 0 radical (unpaired) electrons. The minimum absolute atomic E-state index is 0.0393. The molecule has 0 spiro atoms. The molecule has 5 heteroatoms. The molecule has 114 valence electrons. The zero-order valence-corrected chi connectivity index (χ0v) is 13.3. The highest BCUT2D eigenvalue weighted by atomic mass is 35.5. The first-order chi connectivity index (χ1) is 10.7. The summed E-state index contributed by atoms with van der Waals surface area (Å²) in [6.07, 6.45) is 1.59. The SMILES string of the molecule is Cc1ccccc1N1CCN(C(=O)c2cccnc2Cl)CC1. The van der Waals surface area contributed by atoms with E-state index in [1.165, 1.54) is 11.3 Å². The Balaban J connectivity index is 1.68. The van der Waals surface area contributed by atoms with Gasteiger partial charge in [0.25, 0.3) is 5.91 Å². The van der Waals surface area contributed by atoms with Gasteiger partial charge in [-0.2, -0.15) is 0 Å². The monoisotopic (exact) mass is 315 g/mol. The van der Waals surface area contributed by atoms with Crippen LogP contribution in [0, 0.1) is 6.92 Å².